The van der Waals surface area contributed by atoms with Gasteiger partial charge in [-0.25, -0.2) is 4.79 Å². The predicted molar refractivity (Wildman–Crippen MR) is 113 cm³/mol. The number of rotatable bonds is 2. The summed E-state index contributed by atoms with van der Waals surface area (Å²) in [6.45, 7) is 4.01. The van der Waals surface area contributed by atoms with E-state index in [9.17, 15) is 9.59 Å². The lowest BCUT2D eigenvalue weighted by Crippen LogP contribution is -2.58. The molecule has 3 saturated heterocycles. The maximum absolute atomic E-state index is 12.7. The van der Waals surface area contributed by atoms with Gasteiger partial charge >= 0.3 is 6.03 Å². The molecule has 3 fully saturated rings. The molecule has 0 unspecified atom stereocenters. The summed E-state index contributed by atoms with van der Waals surface area (Å²) in [5.41, 5.74) is 3.88. The monoisotopic (exact) mass is 396 g/mol. The van der Waals surface area contributed by atoms with Crippen LogP contribution >= 0.6 is 0 Å². The Kier molecular flexibility index (Phi) is 4.57. The smallest absolute Gasteiger partial charge is 0.327 e. The van der Waals surface area contributed by atoms with Crippen molar-refractivity contribution < 1.29 is 9.59 Å². The third-order valence-corrected chi connectivity index (χ3v) is 7.97. The maximum Gasteiger partial charge on any atom is 0.327 e. The van der Waals surface area contributed by atoms with E-state index >= 15 is 0 Å². The van der Waals surface area contributed by atoms with E-state index in [1.54, 1.807) is 30.1 Å². The molecule has 4 aliphatic rings. The van der Waals surface area contributed by atoms with E-state index in [2.05, 4.69) is 28.0 Å². The molecule has 0 atom stereocenters. The van der Waals surface area contributed by atoms with Gasteiger partial charge in [0.05, 0.1) is 0 Å². The fraction of sp³-hybridized carbons (Fsp3) is 0.652. The van der Waals surface area contributed by atoms with Crippen LogP contribution in [0.2, 0.25) is 0 Å². The van der Waals surface area contributed by atoms with E-state index in [4.69, 9.17) is 0 Å². The minimum Gasteiger partial charge on any atom is -0.371 e. The first-order valence-corrected chi connectivity index (χ1v) is 11.2. The van der Waals surface area contributed by atoms with Crippen molar-refractivity contribution in [3.05, 3.63) is 29.3 Å². The Balaban J connectivity index is 1.19. The predicted octanol–water partition coefficient (Wildman–Crippen LogP) is 2.50. The van der Waals surface area contributed by atoms with Crippen molar-refractivity contribution in [2.75, 3.05) is 45.2 Å². The molecular formula is C23H32N4O2. The normalized spacial score (nSPS) is 25.4. The number of carbonyl (C=O) groups excluding carboxylic acids is 2. The highest BCUT2D eigenvalue weighted by Crippen LogP contribution is 2.37. The van der Waals surface area contributed by atoms with Gasteiger partial charge in [-0.2, -0.15) is 0 Å². The molecule has 156 valence electrons. The van der Waals surface area contributed by atoms with E-state index in [1.807, 2.05) is 0 Å². The van der Waals surface area contributed by atoms with Crippen molar-refractivity contribution in [1.29, 1.82) is 0 Å². The van der Waals surface area contributed by atoms with Gasteiger partial charge in [0.1, 0.15) is 5.54 Å². The first-order chi connectivity index (χ1) is 14.0. The number of hydrogen-bond acceptors (Lipinski definition) is 4. The van der Waals surface area contributed by atoms with Crippen LogP contribution in [0.1, 0.15) is 43.2 Å². The summed E-state index contributed by atoms with van der Waals surface area (Å²) in [7, 11) is 3.39. The van der Waals surface area contributed by atoms with Crippen LogP contribution in [-0.2, 0) is 17.6 Å². The second kappa shape index (κ2) is 7.01. The summed E-state index contributed by atoms with van der Waals surface area (Å²) < 4.78 is 0. The van der Waals surface area contributed by atoms with Crippen molar-refractivity contribution >= 4 is 17.6 Å². The Morgan fingerprint density at radius 1 is 0.931 bits per heavy atom. The molecule has 0 aromatic heterocycles. The number of amides is 3. The van der Waals surface area contributed by atoms with Crippen molar-refractivity contribution in [2.24, 2.45) is 0 Å². The van der Waals surface area contributed by atoms with Crippen LogP contribution in [0.15, 0.2) is 18.2 Å². The first kappa shape index (κ1) is 18.9. The first-order valence-electron chi connectivity index (χ1n) is 11.2. The SMILES string of the molecule is CN1C(=O)N(C)C2(CCN(C3CCN(c4ccc5c(c4)CCC5)CC3)CC2)C1=O. The van der Waals surface area contributed by atoms with Gasteiger partial charge in [-0.1, -0.05) is 6.07 Å². The van der Waals surface area contributed by atoms with Crippen LogP contribution in [0.5, 0.6) is 0 Å². The summed E-state index contributed by atoms with van der Waals surface area (Å²) in [5, 5.41) is 0. The maximum atomic E-state index is 12.7. The van der Waals surface area contributed by atoms with Gasteiger partial charge in [0, 0.05) is 52.0 Å². The number of piperidine rings is 2. The van der Waals surface area contributed by atoms with Gasteiger partial charge in [-0.15, -0.1) is 0 Å². The lowest BCUT2D eigenvalue weighted by atomic mass is 9.85. The third-order valence-electron chi connectivity index (χ3n) is 7.97. The van der Waals surface area contributed by atoms with Crippen molar-refractivity contribution in [1.82, 2.24) is 14.7 Å². The van der Waals surface area contributed by atoms with Crippen LogP contribution in [0.4, 0.5) is 10.5 Å². The van der Waals surface area contributed by atoms with Gasteiger partial charge in [-0.3, -0.25) is 9.69 Å². The number of anilines is 1. The molecule has 0 N–H and O–H groups in total. The number of carbonyl (C=O) groups is 2. The molecule has 3 aliphatic heterocycles. The number of fused-ring (bicyclic) bond motifs is 1. The highest BCUT2D eigenvalue weighted by atomic mass is 16.2. The topological polar surface area (TPSA) is 47.1 Å². The van der Waals surface area contributed by atoms with Gasteiger partial charge in [0.25, 0.3) is 5.91 Å². The number of imide groups is 1. The van der Waals surface area contributed by atoms with Crippen molar-refractivity contribution in [3.63, 3.8) is 0 Å². The summed E-state index contributed by atoms with van der Waals surface area (Å²) in [6, 6.07) is 7.49. The molecule has 1 aromatic rings. The second-order valence-electron chi connectivity index (χ2n) is 9.30. The Morgan fingerprint density at radius 2 is 1.62 bits per heavy atom. The number of urea groups is 1. The average Bonchev–Trinajstić information content (AvgIpc) is 3.29. The molecule has 6 nitrogen and oxygen atoms in total. The number of nitrogens with zero attached hydrogens (tertiary/aromatic N) is 4. The number of likely N-dealkylation sites (tertiary alicyclic amines) is 1. The molecule has 0 bridgehead atoms. The van der Waals surface area contributed by atoms with E-state index in [-0.39, 0.29) is 11.9 Å². The van der Waals surface area contributed by atoms with Gasteiger partial charge < -0.3 is 14.7 Å². The zero-order valence-electron chi connectivity index (χ0n) is 17.7. The van der Waals surface area contributed by atoms with Crippen LogP contribution in [0, 0.1) is 0 Å². The van der Waals surface area contributed by atoms with Gasteiger partial charge in [0.15, 0.2) is 0 Å². The summed E-state index contributed by atoms with van der Waals surface area (Å²) in [4.78, 5) is 33.0. The Bertz CT molecular complexity index is 822. The largest absolute Gasteiger partial charge is 0.371 e. The highest BCUT2D eigenvalue weighted by Gasteiger charge is 2.55. The summed E-state index contributed by atoms with van der Waals surface area (Å²) in [6.07, 6.45) is 7.63. The lowest BCUT2D eigenvalue weighted by molar-refractivity contribution is -0.134. The molecular weight excluding hydrogens is 364 g/mol. The van der Waals surface area contributed by atoms with E-state index in [0.29, 0.717) is 6.04 Å². The quantitative estimate of drug-likeness (QED) is 0.721. The minimum absolute atomic E-state index is 0.0175. The van der Waals surface area contributed by atoms with E-state index in [0.717, 1.165) is 39.0 Å². The van der Waals surface area contributed by atoms with Crippen molar-refractivity contribution in [2.45, 2.75) is 56.5 Å². The molecule has 1 spiro atoms. The molecule has 1 aliphatic carbocycles. The second-order valence-corrected chi connectivity index (χ2v) is 9.30. The zero-order chi connectivity index (χ0) is 20.2. The van der Waals surface area contributed by atoms with E-state index in [1.165, 1.54) is 42.7 Å². The molecule has 6 heteroatoms. The van der Waals surface area contributed by atoms with E-state index < -0.39 is 5.54 Å². The molecule has 3 heterocycles. The average molecular weight is 397 g/mol. The van der Waals surface area contributed by atoms with Gasteiger partial charge in [-0.05, 0) is 68.2 Å². The van der Waals surface area contributed by atoms with Gasteiger partial charge in [0.2, 0.25) is 0 Å². The fourth-order valence-electron chi connectivity index (χ4n) is 6.00. The highest BCUT2D eigenvalue weighted by molar-refractivity contribution is 6.06. The third kappa shape index (κ3) is 2.95. The Hall–Kier alpha value is -2.08. The lowest BCUT2D eigenvalue weighted by Gasteiger charge is -2.46. The zero-order valence-corrected chi connectivity index (χ0v) is 17.7. The Morgan fingerprint density at radius 3 is 2.28 bits per heavy atom. The van der Waals surface area contributed by atoms with Crippen molar-refractivity contribution in [3.8, 4) is 0 Å². The molecule has 0 saturated carbocycles. The van der Waals surface area contributed by atoms with Crippen LogP contribution in [0.3, 0.4) is 0 Å². The molecule has 5 rings (SSSR count). The number of aryl methyl sites for hydroxylation is 2. The Labute approximate surface area is 173 Å². The molecule has 3 amide bonds. The number of likely N-dealkylation sites (N-methyl/N-ethyl adjacent to an activating group) is 2. The fourth-order valence-corrected chi connectivity index (χ4v) is 6.00. The number of benzene rings is 1. The molecule has 0 radical (unpaired) electrons. The minimum atomic E-state index is -0.604. The standard InChI is InChI=1S/C23H32N4O2/c1-24-21(28)23(25(2)22(24)29)10-14-27(15-11-23)19-8-12-26(13-9-19)20-7-6-17-4-3-5-18(17)16-20/h6-7,16,19H,3-5,8-15H2,1-2H3. The molecule has 29 heavy (non-hydrogen) atoms. The van der Waals surface area contributed by atoms with Crippen LogP contribution < -0.4 is 4.90 Å². The van der Waals surface area contributed by atoms with Crippen LogP contribution in [-0.4, -0.2) is 78.5 Å². The summed E-state index contributed by atoms with van der Waals surface area (Å²) in [5.74, 6) is -0.0175. The van der Waals surface area contributed by atoms with Crippen LogP contribution in [0.25, 0.3) is 0 Å². The number of hydrogen-bond donors (Lipinski definition) is 0. The summed E-state index contributed by atoms with van der Waals surface area (Å²) >= 11 is 0. The molecule has 1 aromatic carbocycles.